The Morgan fingerprint density at radius 3 is 2.97 bits per heavy atom. The maximum Gasteiger partial charge on any atom is 0.237 e. The molecule has 3 aromatic rings. The number of H-pyrrole nitrogens is 1. The van der Waals surface area contributed by atoms with E-state index in [1.54, 1.807) is 7.11 Å². The second kappa shape index (κ2) is 8.50. The molecule has 1 saturated heterocycles. The van der Waals surface area contributed by atoms with Crippen LogP contribution < -0.4 is 15.4 Å². The monoisotopic (exact) mass is 408 g/mol. The first-order valence-electron chi connectivity index (χ1n) is 9.80. The number of carbonyl (C=O) groups is 2. The van der Waals surface area contributed by atoms with E-state index in [4.69, 9.17) is 4.74 Å². The zero-order chi connectivity index (χ0) is 21.1. The third-order valence-electron chi connectivity index (χ3n) is 5.21. The van der Waals surface area contributed by atoms with E-state index in [2.05, 4.69) is 25.8 Å². The SMILES string of the molecule is COc1ccccc1CN1CCNC(=O)[C@@H]1CC(=O)Nc1n[nH]c2nc(C)ccc12. The van der Waals surface area contributed by atoms with Gasteiger partial charge in [-0.3, -0.25) is 19.6 Å². The van der Waals surface area contributed by atoms with Gasteiger partial charge in [-0.25, -0.2) is 4.98 Å². The fourth-order valence-corrected chi connectivity index (χ4v) is 3.68. The van der Waals surface area contributed by atoms with Crippen molar-refractivity contribution in [1.29, 1.82) is 0 Å². The predicted molar refractivity (Wildman–Crippen MR) is 112 cm³/mol. The Balaban J connectivity index is 1.48. The van der Waals surface area contributed by atoms with Crippen molar-refractivity contribution in [3.05, 3.63) is 47.7 Å². The minimum absolute atomic E-state index is 0.0224. The van der Waals surface area contributed by atoms with E-state index in [1.165, 1.54) is 0 Å². The highest BCUT2D eigenvalue weighted by Crippen LogP contribution is 2.23. The zero-order valence-corrected chi connectivity index (χ0v) is 16.9. The average molecular weight is 408 g/mol. The second-order valence-electron chi connectivity index (χ2n) is 7.26. The van der Waals surface area contributed by atoms with Crippen LogP contribution in [0.4, 0.5) is 5.82 Å². The third kappa shape index (κ3) is 4.11. The van der Waals surface area contributed by atoms with Gasteiger partial charge in [-0.15, -0.1) is 0 Å². The lowest BCUT2D eigenvalue weighted by Crippen LogP contribution is -2.55. The number of anilines is 1. The number of para-hydroxylation sites is 1. The highest BCUT2D eigenvalue weighted by molar-refractivity contribution is 6.00. The van der Waals surface area contributed by atoms with E-state index in [0.717, 1.165) is 22.4 Å². The number of aromatic nitrogens is 3. The van der Waals surface area contributed by atoms with Crippen LogP contribution in [0.5, 0.6) is 5.75 Å². The number of aryl methyl sites for hydroxylation is 1. The molecule has 1 atom stereocenters. The van der Waals surface area contributed by atoms with Crippen molar-refractivity contribution in [2.75, 3.05) is 25.5 Å². The van der Waals surface area contributed by atoms with Gasteiger partial charge >= 0.3 is 0 Å². The number of pyridine rings is 1. The molecule has 4 rings (SSSR count). The lowest BCUT2D eigenvalue weighted by molar-refractivity contribution is -0.132. The van der Waals surface area contributed by atoms with E-state index >= 15 is 0 Å². The van der Waals surface area contributed by atoms with Crippen molar-refractivity contribution in [3.63, 3.8) is 0 Å². The number of fused-ring (bicyclic) bond motifs is 1. The van der Waals surface area contributed by atoms with Crippen molar-refractivity contribution in [1.82, 2.24) is 25.4 Å². The molecular weight excluding hydrogens is 384 g/mol. The van der Waals surface area contributed by atoms with Crippen molar-refractivity contribution in [2.45, 2.75) is 25.9 Å². The molecule has 0 spiro atoms. The summed E-state index contributed by atoms with van der Waals surface area (Å²) >= 11 is 0. The zero-order valence-electron chi connectivity index (χ0n) is 16.9. The molecule has 1 aliphatic rings. The van der Waals surface area contributed by atoms with Crippen LogP contribution in [0.3, 0.4) is 0 Å². The number of rotatable bonds is 6. The minimum atomic E-state index is -0.575. The molecule has 30 heavy (non-hydrogen) atoms. The van der Waals surface area contributed by atoms with Gasteiger partial charge in [-0.2, -0.15) is 5.10 Å². The first kappa shape index (κ1) is 19.8. The summed E-state index contributed by atoms with van der Waals surface area (Å²) in [5.74, 6) is 0.735. The number of carbonyl (C=O) groups excluding carboxylic acids is 2. The Bertz CT molecular complexity index is 1080. The summed E-state index contributed by atoms with van der Waals surface area (Å²) in [6.07, 6.45) is 0.0224. The largest absolute Gasteiger partial charge is 0.496 e. The number of nitrogens with zero attached hydrogens (tertiary/aromatic N) is 3. The standard InChI is InChI=1S/C21H24N6O3/c1-13-7-8-15-19(23-13)25-26-20(15)24-18(28)11-16-21(29)22-9-10-27(16)12-14-5-3-4-6-17(14)30-2/h3-8,16H,9-12H2,1-2H3,(H,22,29)(H2,23,24,25,26,28)/t16-/m0/s1. The molecule has 2 aromatic heterocycles. The molecule has 1 fully saturated rings. The van der Waals surface area contributed by atoms with Gasteiger partial charge in [0.25, 0.3) is 0 Å². The number of piperazine rings is 1. The molecule has 1 aliphatic heterocycles. The van der Waals surface area contributed by atoms with Gasteiger partial charge < -0.3 is 15.4 Å². The van der Waals surface area contributed by atoms with Crippen molar-refractivity contribution < 1.29 is 14.3 Å². The van der Waals surface area contributed by atoms with E-state index in [9.17, 15) is 9.59 Å². The summed E-state index contributed by atoms with van der Waals surface area (Å²) in [5, 5.41) is 13.4. The quantitative estimate of drug-likeness (QED) is 0.571. The number of nitrogens with one attached hydrogen (secondary N) is 3. The number of hydrogen-bond acceptors (Lipinski definition) is 6. The van der Waals surface area contributed by atoms with Crippen LogP contribution in [-0.4, -0.2) is 58.1 Å². The molecule has 0 unspecified atom stereocenters. The van der Waals surface area contributed by atoms with Crippen LogP contribution in [0.1, 0.15) is 17.7 Å². The van der Waals surface area contributed by atoms with Gasteiger partial charge in [-0.05, 0) is 25.1 Å². The lowest BCUT2D eigenvalue weighted by Gasteiger charge is -2.34. The summed E-state index contributed by atoms with van der Waals surface area (Å²) in [5.41, 5.74) is 2.44. The number of ether oxygens (including phenoxy) is 1. The molecule has 3 heterocycles. The number of benzene rings is 1. The highest BCUT2D eigenvalue weighted by atomic mass is 16.5. The minimum Gasteiger partial charge on any atom is -0.496 e. The predicted octanol–water partition coefficient (Wildman–Crippen LogP) is 1.60. The smallest absolute Gasteiger partial charge is 0.237 e. The Labute approximate surface area is 173 Å². The molecule has 9 nitrogen and oxygen atoms in total. The normalized spacial score (nSPS) is 17.0. The maximum atomic E-state index is 12.7. The van der Waals surface area contributed by atoms with Crippen molar-refractivity contribution in [2.24, 2.45) is 0 Å². The molecule has 2 amide bonds. The van der Waals surface area contributed by atoms with Crippen LogP contribution in [-0.2, 0) is 16.1 Å². The Morgan fingerprint density at radius 1 is 1.30 bits per heavy atom. The van der Waals surface area contributed by atoms with Crippen LogP contribution in [0.25, 0.3) is 11.0 Å². The van der Waals surface area contributed by atoms with Crippen LogP contribution in [0.2, 0.25) is 0 Å². The number of aromatic amines is 1. The summed E-state index contributed by atoms with van der Waals surface area (Å²) in [6.45, 7) is 3.60. The third-order valence-corrected chi connectivity index (χ3v) is 5.21. The van der Waals surface area contributed by atoms with Crippen LogP contribution in [0.15, 0.2) is 36.4 Å². The number of amides is 2. The van der Waals surface area contributed by atoms with Gasteiger partial charge in [0.2, 0.25) is 11.8 Å². The van der Waals surface area contributed by atoms with Gasteiger partial charge in [0.1, 0.15) is 5.75 Å². The molecule has 156 valence electrons. The lowest BCUT2D eigenvalue weighted by atomic mass is 10.1. The van der Waals surface area contributed by atoms with Crippen LogP contribution >= 0.6 is 0 Å². The van der Waals surface area contributed by atoms with Crippen molar-refractivity contribution >= 4 is 28.7 Å². The van der Waals surface area contributed by atoms with E-state index in [0.29, 0.717) is 31.1 Å². The maximum absolute atomic E-state index is 12.7. The highest BCUT2D eigenvalue weighted by Gasteiger charge is 2.32. The molecule has 1 aromatic carbocycles. The first-order valence-corrected chi connectivity index (χ1v) is 9.80. The summed E-state index contributed by atoms with van der Waals surface area (Å²) in [6, 6.07) is 10.8. The van der Waals surface area contributed by atoms with E-state index in [1.807, 2.05) is 48.2 Å². The molecular formula is C21H24N6O3. The Kier molecular flexibility index (Phi) is 5.62. The van der Waals surface area contributed by atoms with E-state index < -0.39 is 6.04 Å². The molecule has 3 N–H and O–H groups in total. The van der Waals surface area contributed by atoms with E-state index in [-0.39, 0.29) is 18.2 Å². The summed E-state index contributed by atoms with van der Waals surface area (Å²) < 4.78 is 5.43. The fourth-order valence-electron chi connectivity index (χ4n) is 3.68. The van der Waals surface area contributed by atoms with Gasteiger partial charge in [0.15, 0.2) is 11.5 Å². The molecule has 0 aliphatic carbocycles. The molecule has 0 bridgehead atoms. The summed E-state index contributed by atoms with van der Waals surface area (Å²) in [4.78, 5) is 31.6. The molecule has 0 saturated carbocycles. The Hall–Kier alpha value is -3.46. The average Bonchev–Trinajstić information content (AvgIpc) is 3.12. The van der Waals surface area contributed by atoms with Gasteiger partial charge in [-0.1, -0.05) is 18.2 Å². The van der Waals surface area contributed by atoms with Gasteiger partial charge in [0, 0.05) is 30.9 Å². The molecule has 0 radical (unpaired) electrons. The topological polar surface area (TPSA) is 112 Å². The fraction of sp³-hybridized carbons (Fsp3) is 0.333. The summed E-state index contributed by atoms with van der Waals surface area (Å²) in [7, 11) is 1.62. The first-order chi connectivity index (χ1) is 14.5. The second-order valence-corrected chi connectivity index (χ2v) is 7.26. The number of methoxy groups -OCH3 is 1. The Morgan fingerprint density at radius 2 is 2.13 bits per heavy atom. The van der Waals surface area contributed by atoms with Gasteiger partial charge in [0.05, 0.1) is 25.0 Å². The molecule has 9 heteroatoms. The number of hydrogen-bond donors (Lipinski definition) is 3. The van der Waals surface area contributed by atoms with Crippen molar-refractivity contribution in [3.8, 4) is 5.75 Å². The van der Waals surface area contributed by atoms with Crippen LogP contribution in [0, 0.1) is 6.92 Å².